The maximum Gasteiger partial charge on any atom is 0.424 e. The van der Waals surface area contributed by atoms with Crippen molar-refractivity contribution < 1.29 is 24.5 Å². The molecule has 94 valence electrons. The highest BCUT2D eigenvalue weighted by atomic mass is 16.6. The van der Waals surface area contributed by atoms with E-state index in [1.807, 2.05) is 0 Å². The first-order valence-electron chi connectivity index (χ1n) is 4.89. The Morgan fingerprint density at radius 1 is 1.29 bits per heavy atom. The number of rotatable bonds is 2. The van der Waals surface area contributed by atoms with Crippen LogP contribution in [0, 0.1) is 0 Å². The number of aromatic nitrogens is 1. The van der Waals surface area contributed by atoms with E-state index < -0.39 is 42.5 Å². The third-order valence-corrected chi connectivity index (χ3v) is 2.56. The average Bonchev–Trinajstić information content (AvgIpc) is 2.57. The molecule has 1 fully saturated rings. The van der Waals surface area contributed by atoms with Crippen molar-refractivity contribution in [3.05, 3.63) is 33.2 Å². The topological polar surface area (TPSA) is 122 Å². The molecule has 2 heterocycles. The van der Waals surface area contributed by atoms with Crippen molar-refractivity contribution in [3.8, 4) is 0 Å². The van der Waals surface area contributed by atoms with Crippen LogP contribution in [0.1, 0.15) is 6.23 Å². The maximum atomic E-state index is 11.3. The summed E-state index contributed by atoms with van der Waals surface area (Å²) in [4.78, 5) is 22.1. The largest absolute Gasteiger partial charge is 0.424 e. The van der Waals surface area contributed by atoms with Crippen LogP contribution in [0.15, 0.2) is 26.3 Å². The highest BCUT2D eigenvalue weighted by Crippen LogP contribution is 2.27. The first-order chi connectivity index (χ1) is 8.04. The second kappa shape index (κ2) is 4.41. The van der Waals surface area contributed by atoms with Crippen LogP contribution in [0.3, 0.4) is 0 Å². The van der Waals surface area contributed by atoms with Crippen LogP contribution >= 0.6 is 0 Å². The standard InChI is InChI=1S/C9H11NO7/c11-3-4-6(13)7(14)8(16-4)10-2-1-5(12)17-9(10)15/h1-2,4,6-8,11,13-14H,3H2/t4-,6-,7-,8-/m1/s1. The lowest BCUT2D eigenvalue weighted by Crippen LogP contribution is -2.35. The SMILES string of the molecule is O=c1ccn([C@@H]2O[C@H](CO)[C@@H](O)[C@H]2O)c(=O)o1. The van der Waals surface area contributed by atoms with E-state index in [1.54, 1.807) is 0 Å². The van der Waals surface area contributed by atoms with Crippen molar-refractivity contribution >= 4 is 0 Å². The van der Waals surface area contributed by atoms with Crippen molar-refractivity contribution in [2.75, 3.05) is 6.61 Å². The Balaban J connectivity index is 2.35. The van der Waals surface area contributed by atoms with Gasteiger partial charge in [-0.15, -0.1) is 0 Å². The first-order valence-corrected chi connectivity index (χ1v) is 4.89. The minimum Gasteiger partial charge on any atom is -0.394 e. The van der Waals surface area contributed by atoms with Crippen molar-refractivity contribution in [1.82, 2.24) is 4.57 Å². The van der Waals surface area contributed by atoms with E-state index in [9.17, 15) is 19.8 Å². The molecule has 0 bridgehead atoms. The minimum atomic E-state index is -1.39. The predicted octanol–water partition coefficient (Wildman–Crippen LogP) is -2.59. The van der Waals surface area contributed by atoms with Gasteiger partial charge in [0.25, 0.3) is 0 Å². The molecule has 0 aliphatic carbocycles. The molecule has 1 aliphatic rings. The lowest BCUT2D eigenvalue weighted by atomic mass is 10.1. The zero-order valence-corrected chi connectivity index (χ0v) is 8.59. The molecule has 8 heteroatoms. The zero-order chi connectivity index (χ0) is 12.6. The van der Waals surface area contributed by atoms with Gasteiger partial charge in [0.15, 0.2) is 6.23 Å². The lowest BCUT2D eigenvalue weighted by molar-refractivity contribution is -0.0577. The summed E-state index contributed by atoms with van der Waals surface area (Å²) in [7, 11) is 0. The minimum absolute atomic E-state index is 0.500. The fourth-order valence-electron chi connectivity index (χ4n) is 1.67. The van der Waals surface area contributed by atoms with Gasteiger partial charge in [0.05, 0.1) is 6.61 Å². The van der Waals surface area contributed by atoms with Gasteiger partial charge in [-0.3, -0.25) is 4.57 Å². The normalized spacial score (nSPS) is 32.9. The molecule has 1 aromatic heterocycles. The van der Waals surface area contributed by atoms with Crippen LogP contribution in [0.5, 0.6) is 0 Å². The summed E-state index contributed by atoms with van der Waals surface area (Å²) in [6.45, 7) is -0.500. The zero-order valence-electron chi connectivity index (χ0n) is 8.59. The van der Waals surface area contributed by atoms with Crippen molar-refractivity contribution in [3.63, 3.8) is 0 Å². The molecule has 0 unspecified atom stereocenters. The van der Waals surface area contributed by atoms with Gasteiger partial charge in [0.2, 0.25) is 0 Å². The summed E-state index contributed by atoms with van der Waals surface area (Å²) in [6.07, 6.45) is -3.80. The molecule has 2 rings (SSSR count). The molecule has 4 atom stereocenters. The van der Waals surface area contributed by atoms with Crippen LogP contribution in [-0.2, 0) is 4.74 Å². The average molecular weight is 245 g/mol. The second-order valence-electron chi connectivity index (χ2n) is 3.64. The van der Waals surface area contributed by atoms with Gasteiger partial charge >= 0.3 is 11.4 Å². The lowest BCUT2D eigenvalue weighted by Gasteiger charge is -2.15. The monoisotopic (exact) mass is 245 g/mol. The fourth-order valence-corrected chi connectivity index (χ4v) is 1.67. The summed E-state index contributed by atoms with van der Waals surface area (Å²) in [5.74, 6) is -1.01. The van der Waals surface area contributed by atoms with E-state index in [4.69, 9.17) is 9.84 Å². The molecular weight excluding hydrogens is 234 g/mol. The van der Waals surface area contributed by atoms with E-state index >= 15 is 0 Å². The molecule has 1 aromatic rings. The predicted molar refractivity (Wildman–Crippen MR) is 52.2 cm³/mol. The highest BCUT2D eigenvalue weighted by molar-refractivity contribution is 4.91. The maximum absolute atomic E-state index is 11.3. The van der Waals surface area contributed by atoms with E-state index in [0.717, 1.165) is 16.8 Å². The summed E-state index contributed by atoms with van der Waals surface area (Å²) in [5.41, 5.74) is -0.821. The van der Waals surface area contributed by atoms with E-state index in [1.165, 1.54) is 0 Å². The van der Waals surface area contributed by atoms with Gasteiger partial charge in [-0.05, 0) is 0 Å². The van der Waals surface area contributed by atoms with Crippen LogP contribution in [0.4, 0.5) is 0 Å². The van der Waals surface area contributed by atoms with Crippen molar-refractivity contribution in [2.45, 2.75) is 24.5 Å². The number of hydrogen-bond donors (Lipinski definition) is 3. The van der Waals surface area contributed by atoms with Crippen LogP contribution in [-0.4, -0.2) is 44.8 Å². The third kappa shape index (κ3) is 2.03. The molecule has 0 aromatic carbocycles. The molecule has 1 aliphatic heterocycles. The van der Waals surface area contributed by atoms with Crippen molar-refractivity contribution in [1.29, 1.82) is 0 Å². The van der Waals surface area contributed by atoms with Gasteiger partial charge in [0, 0.05) is 12.3 Å². The summed E-state index contributed by atoms with van der Waals surface area (Å²) in [6, 6.07) is 0.982. The van der Waals surface area contributed by atoms with Gasteiger partial charge < -0.3 is 24.5 Å². The quantitative estimate of drug-likeness (QED) is 0.522. The van der Waals surface area contributed by atoms with Crippen LogP contribution in [0.2, 0.25) is 0 Å². The van der Waals surface area contributed by atoms with Gasteiger partial charge in [-0.2, -0.15) is 0 Å². The van der Waals surface area contributed by atoms with E-state index in [0.29, 0.717) is 0 Å². The molecule has 0 spiro atoms. The Labute approximate surface area is 94.3 Å². The Morgan fingerprint density at radius 2 is 2.00 bits per heavy atom. The van der Waals surface area contributed by atoms with Gasteiger partial charge in [-0.25, -0.2) is 9.59 Å². The molecule has 0 saturated carbocycles. The van der Waals surface area contributed by atoms with E-state index in [-0.39, 0.29) is 0 Å². The summed E-state index contributed by atoms with van der Waals surface area (Å²) < 4.78 is 10.2. The highest BCUT2D eigenvalue weighted by Gasteiger charge is 2.43. The second-order valence-corrected chi connectivity index (χ2v) is 3.64. The number of aliphatic hydroxyl groups is 3. The fraction of sp³-hybridized carbons (Fsp3) is 0.556. The molecular formula is C9H11NO7. The molecule has 0 radical (unpaired) electrons. The van der Waals surface area contributed by atoms with Crippen LogP contribution in [0.25, 0.3) is 0 Å². The third-order valence-electron chi connectivity index (χ3n) is 2.56. The number of aliphatic hydroxyl groups excluding tert-OH is 3. The van der Waals surface area contributed by atoms with Gasteiger partial charge in [0.1, 0.15) is 18.3 Å². The van der Waals surface area contributed by atoms with E-state index in [2.05, 4.69) is 4.42 Å². The molecule has 8 nitrogen and oxygen atoms in total. The Hall–Kier alpha value is -1.48. The summed E-state index contributed by atoms with van der Waals surface area (Å²) >= 11 is 0. The first kappa shape index (κ1) is 12.0. The number of nitrogens with zero attached hydrogens (tertiary/aromatic N) is 1. The van der Waals surface area contributed by atoms with Crippen LogP contribution < -0.4 is 11.4 Å². The molecule has 17 heavy (non-hydrogen) atoms. The molecule has 3 N–H and O–H groups in total. The summed E-state index contributed by atoms with van der Waals surface area (Å²) in [5, 5.41) is 28.0. The van der Waals surface area contributed by atoms with Gasteiger partial charge in [-0.1, -0.05) is 0 Å². The van der Waals surface area contributed by atoms with Crippen molar-refractivity contribution in [2.24, 2.45) is 0 Å². The molecule has 1 saturated heterocycles. The number of ether oxygens (including phenoxy) is 1. The number of hydrogen-bond acceptors (Lipinski definition) is 7. The molecule has 0 amide bonds. The Kier molecular flexibility index (Phi) is 3.11. The Morgan fingerprint density at radius 3 is 2.53 bits per heavy atom. The smallest absolute Gasteiger partial charge is 0.394 e. The Bertz CT molecular complexity index is 507.